The molecular formula is C23H30F3N. The van der Waals surface area contributed by atoms with Crippen molar-refractivity contribution in [2.45, 2.75) is 77.3 Å². The standard InChI is InChI=1S/C23H30F3N/c1-2-3-17-6-11-20(12-7-17)21-13-8-18(9-14-21)4-5-19-10-15-22(27-16-19)23(24,25)26/h10,15-18,20-21H,2-3,6-9,11-14H2,1H3/t17-,18-,20-,21-. The van der Waals surface area contributed by atoms with Crippen LogP contribution in [0.2, 0.25) is 0 Å². The molecule has 4 heteroatoms. The van der Waals surface area contributed by atoms with Gasteiger partial charge < -0.3 is 0 Å². The maximum absolute atomic E-state index is 12.5. The van der Waals surface area contributed by atoms with Crippen molar-refractivity contribution in [2.24, 2.45) is 23.7 Å². The zero-order chi connectivity index (χ0) is 19.3. The Morgan fingerprint density at radius 2 is 1.59 bits per heavy atom. The van der Waals surface area contributed by atoms with Crippen molar-refractivity contribution in [1.29, 1.82) is 0 Å². The summed E-state index contributed by atoms with van der Waals surface area (Å²) in [5, 5.41) is 0. The second-order valence-electron chi connectivity index (χ2n) is 8.38. The first-order valence-electron chi connectivity index (χ1n) is 10.5. The van der Waals surface area contributed by atoms with Gasteiger partial charge in [-0.3, -0.25) is 4.98 Å². The van der Waals surface area contributed by atoms with E-state index in [1.807, 2.05) is 0 Å². The third-order valence-corrected chi connectivity index (χ3v) is 6.50. The van der Waals surface area contributed by atoms with Gasteiger partial charge in [-0.1, -0.05) is 44.4 Å². The molecule has 1 aromatic heterocycles. The van der Waals surface area contributed by atoms with Crippen molar-refractivity contribution in [3.05, 3.63) is 29.6 Å². The van der Waals surface area contributed by atoms with Gasteiger partial charge in [-0.25, -0.2) is 0 Å². The van der Waals surface area contributed by atoms with Crippen molar-refractivity contribution in [3.63, 3.8) is 0 Å². The Kier molecular flexibility index (Phi) is 6.84. The third-order valence-electron chi connectivity index (χ3n) is 6.50. The first-order chi connectivity index (χ1) is 13.0. The fraction of sp³-hybridized carbons (Fsp3) is 0.696. The van der Waals surface area contributed by atoms with Gasteiger partial charge in [-0.2, -0.15) is 13.2 Å². The fourth-order valence-corrected chi connectivity index (χ4v) is 4.91. The van der Waals surface area contributed by atoms with Crippen molar-refractivity contribution in [2.75, 3.05) is 0 Å². The number of halogens is 3. The van der Waals surface area contributed by atoms with Crippen LogP contribution in [0.3, 0.4) is 0 Å². The van der Waals surface area contributed by atoms with E-state index < -0.39 is 11.9 Å². The molecule has 148 valence electrons. The molecule has 0 bridgehead atoms. The second-order valence-corrected chi connectivity index (χ2v) is 8.38. The van der Waals surface area contributed by atoms with Gasteiger partial charge in [-0.05, 0) is 68.4 Å². The Labute approximate surface area is 161 Å². The van der Waals surface area contributed by atoms with Crippen LogP contribution in [0.25, 0.3) is 0 Å². The van der Waals surface area contributed by atoms with E-state index in [0.717, 1.165) is 36.7 Å². The fourth-order valence-electron chi connectivity index (χ4n) is 4.91. The number of hydrogen-bond donors (Lipinski definition) is 0. The van der Waals surface area contributed by atoms with E-state index in [4.69, 9.17) is 0 Å². The number of alkyl halides is 3. The number of rotatable bonds is 3. The van der Waals surface area contributed by atoms with Crippen LogP contribution in [0.4, 0.5) is 13.2 Å². The lowest BCUT2D eigenvalue weighted by Crippen LogP contribution is -2.25. The topological polar surface area (TPSA) is 12.9 Å². The summed E-state index contributed by atoms with van der Waals surface area (Å²) >= 11 is 0. The number of aromatic nitrogens is 1. The van der Waals surface area contributed by atoms with Crippen LogP contribution in [0.15, 0.2) is 18.3 Å². The SMILES string of the molecule is CCC[C@H]1CC[C@H]([C@H]2CC[C@H](C#Cc3ccc(C(F)(F)F)nc3)CC2)CC1. The van der Waals surface area contributed by atoms with Crippen LogP contribution in [-0.4, -0.2) is 4.98 Å². The van der Waals surface area contributed by atoms with Crippen LogP contribution in [0.5, 0.6) is 0 Å². The molecule has 0 spiro atoms. The molecule has 0 radical (unpaired) electrons. The minimum absolute atomic E-state index is 0.375. The van der Waals surface area contributed by atoms with Gasteiger partial charge in [0.2, 0.25) is 0 Å². The first kappa shape index (κ1) is 20.2. The van der Waals surface area contributed by atoms with Gasteiger partial charge in [0, 0.05) is 17.7 Å². The molecule has 0 N–H and O–H groups in total. The summed E-state index contributed by atoms with van der Waals surface area (Å²) in [6, 6.07) is 2.43. The highest BCUT2D eigenvalue weighted by molar-refractivity contribution is 5.33. The lowest BCUT2D eigenvalue weighted by molar-refractivity contribution is -0.141. The molecule has 2 aliphatic rings. The van der Waals surface area contributed by atoms with Gasteiger partial charge in [0.05, 0.1) is 0 Å². The number of hydrogen-bond acceptors (Lipinski definition) is 1. The lowest BCUT2D eigenvalue weighted by atomic mass is 9.69. The van der Waals surface area contributed by atoms with E-state index in [0.29, 0.717) is 11.5 Å². The summed E-state index contributed by atoms with van der Waals surface area (Å²) in [7, 11) is 0. The third kappa shape index (κ3) is 5.74. The number of nitrogens with zero attached hydrogens (tertiary/aromatic N) is 1. The van der Waals surface area contributed by atoms with Crippen LogP contribution in [0.1, 0.15) is 82.4 Å². The smallest absolute Gasteiger partial charge is 0.250 e. The molecule has 0 unspecified atom stereocenters. The molecule has 3 rings (SSSR count). The molecule has 2 saturated carbocycles. The van der Waals surface area contributed by atoms with Crippen LogP contribution in [-0.2, 0) is 6.18 Å². The Morgan fingerprint density at radius 1 is 0.963 bits per heavy atom. The molecule has 2 fully saturated rings. The summed E-state index contributed by atoms with van der Waals surface area (Å²) in [4.78, 5) is 3.48. The summed E-state index contributed by atoms with van der Waals surface area (Å²) in [5.41, 5.74) is -0.290. The zero-order valence-corrected chi connectivity index (χ0v) is 16.2. The summed E-state index contributed by atoms with van der Waals surface area (Å²) in [6.07, 6.45) is 9.96. The Hall–Kier alpha value is -1.50. The first-order valence-corrected chi connectivity index (χ1v) is 10.5. The van der Waals surface area contributed by atoms with Gasteiger partial charge in [0.15, 0.2) is 0 Å². The maximum atomic E-state index is 12.5. The summed E-state index contributed by atoms with van der Waals surface area (Å²) in [6.45, 7) is 2.29. The van der Waals surface area contributed by atoms with E-state index in [2.05, 4.69) is 23.7 Å². The largest absolute Gasteiger partial charge is 0.433 e. The average molecular weight is 377 g/mol. The summed E-state index contributed by atoms with van der Waals surface area (Å²) in [5.74, 6) is 9.41. The van der Waals surface area contributed by atoms with Crippen molar-refractivity contribution >= 4 is 0 Å². The maximum Gasteiger partial charge on any atom is 0.433 e. The molecule has 1 heterocycles. The Morgan fingerprint density at radius 3 is 2.11 bits per heavy atom. The monoisotopic (exact) mass is 377 g/mol. The molecule has 0 atom stereocenters. The molecule has 2 aliphatic carbocycles. The number of pyridine rings is 1. The van der Waals surface area contributed by atoms with E-state index in [9.17, 15) is 13.2 Å². The molecule has 0 aliphatic heterocycles. The quantitative estimate of drug-likeness (QED) is 0.524. The minimum Gasteiger partial charge on any atom is -0.250 e. The van der Waals surface area contributed by atoms with Gasteiger partial charge in [0.25, 0.3) is 0 Å². The van der Waals surface area contributed by atoms with E-state index in [1.165, 1.54) is 63.6 Å². The molecule has 0 aromatic carbocycles. The minimum atomic E-state index is -4.39. The average Bonchev–Trinajstić information content (AvgIpc) is 2.67. The Balaban J connectivity index is 1.46. The van der Waals surface area contributed by atoms with E-state index in [-0.39, 0.29) is 0 Å². The molecule has 27 heavy (non-hydrogen) atoms. The predicted octanol–water partition coefficient (Wildman–Crippen LogP) is 6.86. The van der Waals surface area contributed by atoms with E-state index in [1.54, 1.807) is 0 Å². The summed E-state index contributed by atoms with van der Waals surface area (Å²) < 4.78 is 37.6. The normalized spacial score (nSPS) is 29.0. The van der Waals surface area contributed by atoms with Gasteiger partial charge in [0.1, 0.15) is 5.69 Å². The predicted molar refractivity (Wildman–Crippen MR) is 102 cm³/mol. The molecule has 0 saturated heterocycles. The molecule has 1 aromatic rings. The molecule has 0 amide bonds. The van der Waals surface area contributed by atoms with Gasteiger partial charge >= 0.3 is 6.18 Å². The molecule has 1 nitrogen and oxygen atoms in total. The second kappa shape index (κ2) is 9.13. The van der Waals surface area contributed by atoms with E-state index >= 15 is 0 Å². The van der Waals surface area contributed by atoms with Crippen LogP contribution in [0, 0.1) is 35.5 Å². The zero-order valence-electron chi connectivity index (χ0n) is 16.2. The van der Waals surface area contributed by atoms with Crippen LogP contribution >= 0.6 is 0 Å². The van der Waals surface area contributed by atoms with Crippen molar-refractivity contribution < 1.29 is 13.2 Å². The van der Waals surface area contributed by atoms with Gasteiger partial charge in [-0.15, -0.1) is 0 Å². The highest BCUT2D eigenvalue weighted by Gasteiger charge is 2.32. The van der Waals surface area contributed by atoms with Crippen molar-refractivity contribution in [1.82, 2.24) is 4.98 Å². The lowest BCUT2D eigenvalue weighted by Gasteiger charge is -2.37. The highest BCUT2D eigenvalue weighted by Crippen LogP contribution is 2.42. The molecular weight excluding hydrogens is 347 g/mol. The Bertz CT molecular complexity index is 637. The van der Waals surface area contributed by atoms with Crippen molar-refractivity contribution in [3.8, 4) is 11.8 Å². The van der Waals surface area contributed by atoms with Crippen LogP contribution < -0.4 is 0 Å². The highest BCUT2D eigenvalue weighted by atomic mass is 19.4.